The highest BCUT2D eigenvalue weighted by Crippen LogP contribution is 2.10. The number of carbonyl (C=O) groups excluding carboxylic acids is 2. The van der Waals surface area contributed by atoms with Gasteiger partial charge in [-0.3, -0.25) is 9.59 Å². The third-order valence-electron chi connectivity index (χ3n) is 3.47. The summed E-state index contributed by atoms with van der Waals surface area (Å²) in [5.41, 5.74) is 0.229. The number of hydrogen-bond acceptors (Lipinski definition) is 4. The Balaban J connectivity index is 2.84. The van der Waals surface area contributed by atoms with E-state index in [1.54, 1.807) is 6.07 Å². The lowest BCUT2D eigenvalue weighted by molar-refractivity contribution is -0.142. The maximum absolute atomic E-state index is 13.8. The van der Waals surface area contributed by atoms with Crippen LogP contribution in [0, 0.1) is 17.1 Å². The maximum Gasteiger partial charge on any atom is 0.326 e. The predicted molar refractivity (Wildman–Crippen MR) is 86.7 cm³/mol. The molecule has 0 aliphatic carbocycles. The van der Waals surface area contributed by atoms with E-state index in [9.17, 15) is 23.9 Å². The van der Waals surface area contributed by atoms with Crippen LogP contribution in [0.25, 0.3) is 0 Å². The van der Waals surface area contributed by atoms with E-state index in [0.29, 0.717) is 6.42 Å². The second kappa shape index (κ2) is 10.0. The number of carboxylic acid groups (broad SMARTS) is 1. The first kappa shape index (κ1) is 20.1. The Hall–Kier alpha value is -2.95. The fraction of sp³-hybridized carbons (Fsp3) is 0.412. The zero-order chi connectivity index (χ0) is 18.8. The molecule has 0 aliphatic rings. The standard InChI is InChI=1S/C17H20FN3O4/c1-11(22)20-15(10-12-6-2-3-7-13(12)18)16(23)21-14(17(24)25)8-4-5-9-19/h2-3,6-7,14-15H,4-5,8,10H2,1H3,(H,20,22)(H,21,23)(H,24,25)/t14-,15+/m1/s1. The van der Waals surface area contributed by atoms with Crippen LogP contribution in [0.4, 0.5) is 4.39 Å². The number of unbranched alkanes of at least 4 members (excludes halogenated alkanes) is 1. The highest BCUT2D eigenvalue weighted by molar-refractivity contribution is 5.90. The molecule has 0 spiro atoms. The summed E-state index contributed by atoms with van der Waals surface area (Å²) >= 11 is 0. The largest absolute Gasteiger partial charge is 0.480 e. The number of amides is 2. The number of hydrogen-bond donors (Lipinski definition) is 3. The van der Waals surface area contributed by atoms with Gasteiger partial charge in [-0.15, -0.1) is 0 Å². The summed E-state index contributed by atoms with van der Waals surface area (Å²) in [5, 5.41) is 22.4. The molecule has 0 bridgehead atoms. The van der Waals surface area contributed by atoms with Crippen molar-refractivity contribution in [2.75, 3.05) is 0 Å². The smallest absolute Gasteiger partial charge is 0.326 e. The Morgan fingerprint density at radius 3 is 2.48 bits per heavy atom. The minimum Gasteiger partial charge on any atom is -0.480 e. The molecule has 1 aromatic rings. The van der Waals surface area contributed by atoms with Gasteiger partial charge in [0, 0.05) is 19.8 Å². The Morgan fingerprint density at radius 2 is 1.92 bits per heavy atom. The summed E-state index contributed by atoms with van der Waals surface area (Å²) < 4.78 is 13.8. The molecule has 0 heterocycles. The van der Waals surface area contributed by atoms with Crippen LogP contribution in [-0.4, -0.2) is 35.0 Å². The predicted octanol–water partition coefficient (Wildman–Crippen LogP) is 1.14. The first-order valence-corrected chi connectivity index (χ1v) is 7.75. The zero-order valence-electron chi connectivity index (χ0n) is 13.8. The van der Waals surface area contributed by atoms with Crippen LogP contribution in [0.1, 0.15) is 31.7 Å². The molecule has 7 nitrogen and oxygen atoms in total. The lowest BCUT2D eigenvalue weighted by Crippen LogP contribution is -2.52. The van der Waals surface area contributed by atoms with Gasteiger partial charge in [0.15, 0.2) is 0 Å². The van der Waals surface area contributed by atoms with Gasteiger partial charge in [0.2, 0.25) is 11.8 Å². The summed E-state index contributed by atoms with van der Waals surface area (Å²) in [6, 6.07) is 5.44. The van der Waals surface area contributed by atoms with E-state index in [0.717, 1.165) is 0 Å². The van der Waals surface area contributed by atoms with Crippen molar-refractivity contribution in [1.82, 2.24) is 10.6 Å². The van der Waals surface area contributed by atoms with Gasteiger partial charge in [-0.2, -0.15) is 5.26 Å². The molecule has 0 fully saturated rings. The molecule has 3 N–H and O–H groups in total. The van der Waals surface area contributed by atoms with Gasteiger partial charge in [0.1, 0.15) is 17.9 Å². The molecule has 2 amide bonds. The molecule has 1 aromatic carbocycles. The van der Waals surface area contributed by atoms with Gasteiger partial charge >= 0.3 is 5.97 Å². The lowest BCUT2D eigenvalue weighted by Gasteiger charge is -2.21. The number of rotatable bonds is 9. The summed E-state index contributed by atoms with van der Waals surface area (Å²) in [5.74, 6) is -2.97. The van der Waals surface area contributed by atoms with E-state index < -0.39 is 35.7 Å². The van der Waals surface area contributed by atoms with Crippen LogP contribution in [0.15, 0.2) is 24.3 Å². The molecule has 0 saturated carbocycles. The van der Waals surface area contributed by atoms with Crippen LogP contribution < -0.4 is 10.6 Å². The minimum atomic E-state index is -1.24. The fourth-order valence-electron chi connectivity index (χ4n) is 2.25. The molecule has 1 rings (SSSR count). The van der Waals surface area contributed by atoms with E-state index >= 15 is 0 Å². The van der Waals surface area contributed by atoms with Crippen molar-refractivity contribution in [3.05, 3.63) is 35.6 Å². The van der Waals surface area contributed by atoms with Gasteiger partial charge in [0.05, 0.1) is 6.07 Å². The number of carboxylic acids is 1. The fourth-order valence-corrected chi connectivity index (χ4v) is 2.25. The lowest BCUT2D eigenvalue weighted by atomic mass is 10.0. The molecule has 0 saturated heterocycles. The molecular formula is C17H20FN3O4. The Kier molecular flexibility index (Phi) is 8.06. The molecule has 0 radical (unpaired) electrons. The van der Waals surface area contributed by atoms with E-state index in [1.165, 1.54) is 25.1 Å². The average molecular weight is 349 g/mol. The summed E-state index contributed by atoms with van der Waals surface area (Å²) in [4.78, 5) is 34.9. The normalized spacial score (nSPS) is 12.5. The van der Waals surface area contributed by atoms with Crippen LogP contribution in [0.3, 0.4) is 0 Å². The van der Waals surface area contributed by atoms with E-state index in [1.807, 2.05) is 6.07 Å². The third-order valence-corrected chi connectivity index (χ3v) is 3.47. The summed E-state index contributed by atoms with van der Waals surface area (Å²) in [6.45, 7) is 1.21. The monoisotopic (exact) mass is 349 g/mol. The second-order valence-corrected chi connectivity index (χ2v) is 5.50. The van der Waals surface area contributed by atoms with Crippen molar-refractivity contribution < 1.29 is 23.9 Å². The number of carbonyl (C=O) groups is 3. The SMILES string of the molecule is CC(=O)N[C@@H](Cc1ccccc1F)C(=O)N[C@H](CCCC#N)C(=O)O. The quantitative estimate of drug-likeness (QED) is 0.578. The summed E-state index contributed by atoms with van der Waals surface area (Å²) in [7, 11) is 0. The van der Waals surface area contributed by atoms with Crippen molar-refractivity contribution in [2.24, 2.45) is 0 Å². The van der Waals surface area contributed by atoms with Crippen LogP contribution >= 0.6 is 0 Å². The number of nitrogens with one attached hydrogen (secondary N) is 2. The molecule has 0 unspecified atom stereocenters. The molecule has 0 aromatic heterocycles. The molecule has 0 aliphatic heterocycles. The number of benzene rings is 1. The topological polar surface area (TPSA) is 119 Å². The Bertz CT molecular complexity index is 672. The highest BCUT2D eigenvalue weighted by Gasteiger charge is 2.26. The number of nitrogens with zero attached hydrogens (tertiary/aromatic N) is 1. The van der Waals surface area contributed by atoms with Gasteiger partial charge in [-0.05, 0) is 24.5 Å². The van der Waals surface area contributed by atoms with Crippen LogP contribution in [-0.2, 0) is 20.8 Å². The number of halogens is 1. The highest BCUT2D eigenvalue weighted by atomic mass is 19.1. The number of nitriles is 1. The van der Waals surface area contributed by atoms with Crippen molar-refractivity contribution >= 4 is 17.8 Å². The van der Waals surface area contributed by atoms with Crippen molar-refractivity contribution in [2.45, 2.75) is 44.7 Å². The average Bonchev–Trinajstić information content (AvgIpc) is 2.54. The van der Waals surface area contributed by atoms with Crippen LogP contribution in [0.5, 0.6) is 0 Å². The second-order valence-electron chi connectivity index (χ2n) is 5.50. The van der Waals surface area contributed by atoms with Gasteiger partial charge < -0.3 is 15.7 Å². The van der Waals surface area contributed by atoms with Crippen molar-refractivity contribution in [3.63, 3.8) is 0 Å². The Labute approximate surface area is 144 Å². The van der Waals surface area contributed by atoms with Crippen molar-refractivity contribution in [3.8, 4) is 6.07 Å². The van der Waals surface area contributed by atoms with Gasteiger partial charge in [0.25, 0.3) is 0 Å². The van der Waals surface area contributed by atoms with E-state index in [2.05, 4.69) is 10.6 Å². The van der Waals surface area contributed by atoms with E-state index in [-0.39, 0.29) is 24.8 Å². The maximum atomic E-state index is 13.8. The van der Waals surface area contributed by atoms with Crippen LogP contribution in [0.2, 0.25) is 0 Å². The third kappa shape index (κ3) is 6.99. The summed E-state index contributed by atoms with van der Waals surface area (Å²) in [6.07, 6.45) is 0.458. The van der Waals surface area contributed by atoms with Crippen molar-refractivity contribution in [1.29, 1.82) is 5.26 Å². The molecule has 8 heteroatoms. The molecule has 25 heavy (non-hydrogen) atoms. The zero-order valence-corrected chi connectivity index (χ0v) is 13.8. The van der Waals surface area contributed by atoms with Gasteiger partial charge in [-0.1, -0.05) is 18.2 Å². The molecular weight excluding hydrogens is 329 g/mol. The van der Waals surface area contributed by atoms with Gasteiger partial charge in [-0.25, -0.2) is 9.18 Å². The van der Waals surface area contributed by atoms with E-state index in [4.69, 9.17) is 5.26 Å². The minimum absolute atomic E-state index is 0.0844. The Morgan fingerprint density at radius 1 is 1.24 bits per heavy atom. The number of aliphatic carboxylic acids is 1. The molecule has 134 valence electrons. The first-order valence-electron chi connectivity index (χ1n) is 7.75. The first-order chi connectivity index (χ1) is 11.8. The molecule has 2 atom stereocenters.